The summed E-state index contributed by atoms with van der Waals surface area (Å²) in [7, 11) is 1.49. The highest BCUT2D eigenvalue weighted by atomic mass is 16.5. The van der Waals surface area contributed by atoms with Gasteiger partial charge in [0.15, 0.2) is 17.3 Å². The Morgan fingerprint density at radius 1 is 1.29 bits per heavy atom. The molecule has 0 spiro atoms. The van der Waals surface area contributed by atoms with Gasteiger partial charge in [0, 0.05) is 24.4 Å². The first-order valence-corrected chi connectivity index (χ1v) is 6.35. The van der Waals surface area contributed by atoms with E-state index in [9.17, 15) is 5.11 Å². The first kappa shape index (κ1) is 13.1. The minimum Gasteiger partial charge on any atom is -0.504 e. The molecule has 2 heterocycles. The van der Waals surface area contributed by atoms with E-state index in [1.54, 1.807) is 24.5 Å². The molecule has 0 atom stereocenters. The van der Waals surface area contributed by atoms with Gasteiger partial charge in [-0.15, -0.1) is 0 Å². The largest absolute Gasteiger partial charge is 0.504 e. The van der Waals surface area contributed by atoms with Crippen LogP contribution in [0.4, 0.5) is 0 Å². The molecule has 0 aliphatic heterocycles. The van der Waals surface area contributed by atoms with Crippen LogP contribution in [0.15, 0.2) is 47.2 Å². The number of aromatic nitrogens is 3. The SMILES string of the molecule is COc1ccc(-c2nc(Cc3cccnc3)no2)cc1O. The van der Waals surface area contributed by atoms with E-state index in [1.165, 1.54) is 13.2 Å². The predicted molar refractivity (Wildman–Crippen MR) is 75.0 cm³/mol. The van der Waals surface area contributed by atoms with Crippen molar-refractivity contribution in [1.29, 1.82) is 0 Å². The summed E-state index contributed by atoms with van der Waals surface area (Å²) in [5, 5.41) is 13.7. The van der Waals surface area contributed by atoms with Gasteiger partial charge in [-0.1, -0.05) is 11.2 Å². The van der Waals surface area contributed by atoms with Gasteiger partial charge >= 0.3 is 0 Å². The number of nitrogens with zero attached hydrogens (tertiary/aromatic N) is 3. The van der Waals surface area contributed by atoms with E-state index in [0.717, 1.165) is 5.56 Å². The van der Waals surface area contributed by atoms with Crippen molar-refractivity contribution >= 4 is 0 Å². The maximum absolute atomic E-state index is 9.77. The Labute approximate surface area is 121 Å². The lowest BCUT2D eigenvalue weighted by Crippen LogP contribution is -1.91. The Hall–Kier alpha value is -2.89. The van der Waals surface area contributed by atoms with E-state index in [1.807, 2.05) is 12.1 Å². The highest BCUT2D eigenvalue weighted by molar-refractivity contribution is 5.59. The molecule has 106 valence electrons. The molecule has 0 aliphatic rings. The van der Waals surface area contributed by atoms with E-state index < -0.39 is 0 Å². The zero-order chi connectivity index (χ0) is 14.7. The molecule has 1 aromatic carbocycles. The summed E-state index contributed by atoms with van der Waals surface area (Å²) >= 11 is 0. The highest BCUT2D eigenvalue weighted by Crippen LogP contribution is 2.30. The van der Waals surface area contributed by atoms with Crippen molar-refractivity contribution in [2.75, 3.05) is 7.11 Å². The van der Waals surface area contributed by atoms with Gasteiger partial charge in [0.05, 0.1) is 7.11 Å². The average molecular weight is 283 g/mol. The van der Waals surface area contributed by atoms with Crippen LogP contribution in [0.1, 0.15) is 11.4 Å². The third-order valence-electron chi connectivity index (χ3n) is 2.98. The van der Waals surface area contributed by atoms with Crippen molar-refractivity contribution in [3.05, 3.63) is 54.1 Å². The van der Waals surface area contributed by atoms with Crippen LogP contribution in [0, 0.1) is 0 Å². The smallest absolute Gasteiger partial charge is 0.258 e. The van der Waals surface area contributed by atoms with E-state index in [-0.39, 0.29) is 5.75 Å². The molecule has 0 aliphatic carbocycles. The molecule has 0 unspecified atom stereocenters. The zero-order valence-electron chi connectivity index (χ0n) is 11.4. The van der Waals surface area contributed by atoms with Crippen LogP contribution >= 0.6 is 0 Å². The lowest BCUT2D eigenvalue weighted by molar-refractivity contribution is 0.373. The maximum atomic E-state index is 9.77. The number of hydrogen-bond acceptors (Lipinski definition) is 6. The summed E-state index contributed by atoms with van der Waals surface area (Å²) in [4.78, 5) is 8.36. The minimum atomic E-state index is 0.0296. The summed E-state index contributed by atoms with van der Waals surface area (Å²) < 4.78 is 10.2. The fourth-order valence-electron chi connectivity index (χ4n) is 1.95. The Balaban J connectivity index is 1.83. The lowest BCUT2D eigenvalue weighted by Gasteiger charge is -2.03. The molecule has 3 rings (SSSR count). The van der Waals surface area contributed by atoms with Gasteiger partial charge < -0.3 is 14.4 Å². The summed E-state index contributed by atoms with van der Waals surface area (Å²) in [6.07, 6.45) is 4.01. The van der Waals surface area contributed by atoms with Crippen LogP contribution in [0.3, 0.4) is 0 Å². The first-order chi connectivity index (χ1) is 10.3. The monoisotopic (exact) mass is 283 g/mol. The van der Waals surface area contributed by atoms with Crippen molar-refractivity contribution in [2.45, 2.75) is 6.42 Å². The average Bonchev–Trinajstić information content (AvgIpc) is 2.97. The number of aromatic hydroxyl groups is 1. The van der Waals surface area contributed by atoms with Gasteiger partial charge in [-0.3, -0.25) is 4.98 Å². The topological polar surface area (TPSA) is 81.3 Å². The number of methoxy groups -OCH3 is 1. The fourth-order valence-corrected chi connectivity index (χ4v) is 1.95. The summed E-state index contributed by atoms with van der Waals surface area (Å²) in [6, 6.07) is 8.73. The molecule has 0 amide bonds. The van der Waals surface area contributed by atoms with Gasteiger partial charge in [-0.05, 0) is 29.8 Å². The number of pyridine rings is 1. The summed E-state index contributed by atoms with van der Waals surface area (Å²) in [6.45, 7) is 0. The molecule has 1 N–H and O–H groups in total. The van der Waals surface area contributed by atoms with Gasteiger partial charge in [-0.25, -0.2) is 0 Å². The highest BCUT2D eigenvalue weighted by Gasteiger charge is 2.12. The minimum absolute atomic E-state index is 0.0296. The molecule has 0 saturated carbocycles. The van der Waals surface area contributed by atoms with Crippen molar-refractivity contribution in [3.63, 3.8) is 0 Å². The number of phenols is 1. The first-order valence-electron chi connectivity index (χ1n) is 6.35. The third-order valence-corrected chi connectivity index (χ3v) is 2.98. The van der Waals surface area contributed by atoms with Gasteiger partial charge in [0.2, 0.25) is 0 Å². The molecule has 3 aromatic rings. The quantitative estimate of drug-likeness (QED) is 0.792. The third kappa shape index (κ3) is 2.84. The number of rotatable bonds is 4. The molecule has 0 saturated heterocycles. The van der Waals surface area contributed by atoms with Crippen LogP contribution in [0.2, 0.25) is 0 Å². The molecule has 0 bridgehead atoms. The molecule has 0 radical (unpaired) electrons. The van der Waals surface area contributed by atoms with Crippen molar-refractivity contribution in [2.24, 2.45) is 0 Å². The van der Waals surface area contributed by atoms with E-state index in [0.29, 0.717) is 29.4 Å². The predicted octanol–water partition coefficient (Wildman–Crippen LogP) is 2.44. The molecule has 2 aromatic heterocycles. The lowest BCUT2D eigenvalue weighted by atomic mass is 10.2. The van der Waals surface area contributed by atoms with Crippen molar-refractivity contribution in [1.82, 2.24) is 15.1 Å². The second-order valence-electron chi connectivity index (χ2n) is 4.44. The normalized spacial score (nSPS) is 10.5. The van der Waals surface area contributed by atoms with Crippen LogP contribution in [-0.4, -0.2) is 27.3 Å². The van der Waals surface area contributed by atoms with Gasteiger partial charge in [0.25, 0.3) is 5.89 Å². The summed E-state index contributed by atoms with van der Waals surface area (Å²) in [5.41, 5.74) is 1.64. The van der Waals surface area contributed by atoms with Crippen molar-refractivity contribution in [3.8, 4) is 23.0 Å². The number of ether oxygens (including phenoxy) is 1. The Bertz CT molecular complexity index is 741. The van der Waals surface area contributed by atoms with Crippen LogP contribution in [0.5, 0.6) is 11.5 Å². The second-order valence-corrected chi connectivity index (χ2v) is 4.44. The standard InChI is InChI=1S/C15H13N3O3/c1-20-13-5-4-11(8-12(13)19)15-17-14(18-21-15)7-10-3-2-6-16-9-10/h2-6,8-9,19H,7H2,1H3. The number of hydrogen-bond donors (Lipinski definition) is 1. The van der Waals surface area contributed by atoms with Crippen LogP contribution < -0.4 is 4.74 Å². The van der Waals surface area contributed by atoms with E-state index in [4.69, 9.17) is 9.26 Å². The van der Waals surface area contributed by atoms with E-state index in [2.05, 4.69) is 15.1 Å². The molecule has 0 fully saturated rings. The van der Waals surface area contributed by atoms with Gasteiger partial charge in [0.1, 0.15) is 0 Å². The molecular weight excluding hydrogens is 270 g/mol. The maximum Gasteiger partial charge on any atom is 0.258 e. The number of benzene rings is 1. The summed E-state index contributed by atoms with van der Waals surface area (Å²) in [5.74, 6) is 1.34. The Kier molecular flexibility index (Phi) is 3.51. The van der Waals surface area contributed by atoms with E-state index >= 15 is 0 Å². The Morgan fingerprint density at radius 2 is 2.19 bits per heavy atom. The van der Waals surface area contributed by atoms with Crippen LogP contribution in [0.25, 0.3) is 11.5 Å². The van der Waals surface area contributed by atoms with Crippen LogP contribution in [-0.2, 0) is 6.42 Å². The molecule has 6 heteroatoms. The van der Waals surface area contributed by atoms with Gasteiger partial charge in [-0.2, -0.15) is 4.98 Å². The van der Waals surface area contributed by atoms with Crippen molar-refractivity contribution < 1.29 is 14.4 Å². The zero-order valence-corrected chi connectivity index (χ0v) is 11.4. The molecular formula is C15H13N3O3. The number of phenolic OH excluding ortho intramolecular Hbond substituents is 1. The molecule has 21 heavy (non-hydrogen) atoms. The second kappa shape index (κ2) is 5.62. The Morgan fingerprint density at radius 3 is 2.90 bits per heavy atom. The fraction of sp³-hybridized carbons (Fsp3) is 0.133. The molecule has 6 nitrogen and oxygen atoms in total.